The third-order valence-corrected chi connectivity index (χ3v) is 4.13. The molecule has 0 aromatic carbocycles. The molecule has 0 radical (unpaired) electrons. The molecule has 0 spiro atoms. The Morgan fingerprint density at radius 3 is 2.52 bits per heavy atom. The highest BCUT2D eigenvalue weighted by Crippen LogP contribution is 2.17. The number of nitrogens with one attached hydrogen (secondary N) is 1. The fourth-order valence-corrected chi connectivity index (χ4v) is 2.78. The van der Waals surface area contributed by atoms with Gasteiger partial charge in [0.05, 0.1) is 6.54 Å². The molecule has 1 amide bonds. The quantitative estimate of drug-likeness (QED) is 0.844. The summed E-state index contributed by atoms with van der Waals surface area (Å²) < 4.78 is 1.83. The van der Waals surface area contributed by atoms with Crippen molar-refractivity contribution < 1.29 is 4.79 Å². The van der Waals surface area contributed by atoms with E-state index in [-0.39, 0.29) is 12.5 Å². The first-order valence-electron chi connectivity index (χ1n) is 8.66. The molecule has 1 aliphatic heterocycles. The zero-order chi connectivity index (χ0) is 17.6. The summed E-state index contributed by atoms with van der Waals surface area (Å²) in [4.78, 5) is 29.7. The van der Waals surface area contributed by atoms with Crippen LogP contribution in [0.15, 0.2) is 24.5 Å². The molecule has 2 aromatic heterocycles. The van der Waals surface area contributed by atoms with Crippen molar-refractivity contribution in [3.8, 4) is 0 Å². The number of hydrogen-bond acceptors (Lipinski definition) is 6. The molecule has 2 aromatic rings. The molecule has 3 rings (SSSR count). The average molecular weight is 343 g/mol. The molecule has 0 bridgehead atoms. The molecule has 1 fully saturated rings. The molecule has 0 saturated carbocycles. The first-order valence-corrected chi connectivity index (χ1v) is 8.66. The fourth-order valence-electron chi connectivity index (χ4n) is 2.78. The van der Waals surface area contributed by atoms with E-state index in [1.54, 1.807) is 0 Å². The number of carbonyl (C=O) groups excluding carboxylic acids is 1. The van der Waals surface area contributed by atoms with E-state index in [1.165, 1.54) is 6.42 Å². The predicted molar refractivity (Wildman–Crippen MR) is 96.5 cm³/mol. The predicted octanol–water partition coefficient (Wildman–Crippen LogP) is 1.05. The summed E-state index contributed by atoms with van der Waals surface area (Å²) in [7, 11) is 3.81. The Kier molecular flexibility index (Phi) is 5.47. The van der Waals surface area contributed by atoms with Crippen LogP contribution in [0.4, 0.5) is 11.9 Å². The second-order valence-corrected chi connectivity index (χ2v) is 6.43. The van der Waals surface area contributed by atoms with Gasteiger partial charge >= 0.3 is 0 Å². The maximum Gasteiger partial charge on any atom is 0.240 e. The van der Waals surface area contributed by atoms with Crippen LogP contribution in [0.1, 0.15) is 25.1 Å². The van der Waals surface area contributed by atoms with Gasteiger partial charge in [-0.2, -0.15) is 15.0 Å². The summed E-state index contributed by atoms with van der Waals surface area (Å²) in [5.74, 6) is 1.83. The minimum atomic E-state index is -0.0671. The number of hydrogen-bond donors (Lipinski definition) is 1. The number of amides is 1. The van der Waals surface area contributed by atoms with Gasteiger partial charge in [-0.1, -0.05) is 0 Å². The second-order valence-electron chi connectivity index (χ2n) is 6.43. The summed E-state index contributed by atoms with van der Waals surface area (Å²) >= 11 is 0. The topological polar surface area (TPSA) is 79.2 Å². The molecular formula is C17H25N7O. The van der Waals surface area contributed by atoms with Gasteiger partial charge in [-0.3, -0.25) is 4.79 Å². The fraction of sp³-hybridized carbons (Fsp3) is 0.529. The van der Waals surface area contributed by atoms with E-state index in [1.807, 2.05) is 48.1 Å². The lowest BCUT2D eigenvalue weighted by molar-refractivity contribution is -0.121. The third kappa shape index (κ3) is 4.68. The van der Waals surface area contributed by atoms with Crippen molar-refractivity contribution in [1.29, 1.82) is 0 Å². The summed E-state index contributed by atoms with van der Waals surface area (Å²) in [5.41, 5.74) is 0. The normalized spacial score (nSPS) is 14.4. The molecule has 1 N–H and O–H groups in total. The summed E-state index contributed by atoms with van der Waals surface area (Å²) in [6.07, 6.45) is 7.30. The molecule has 3 heterocycles. The summed E-state index contributed by atoms with van der Waals surface area (Å²) in [6, 6.07) is 3.79. The first-order chi connectivity index (χ1) is 12.1. The molecule has 1 saturated heterocycles. The van der Waals surface area contributed by atoms with Crippen LogP contribution in [0.25, 0.3) is 0 Å². The Morgan fingerprint density at radius 1 is 1.12 bits per heavy atom. The molecule has 0 aliphatic carbocycles. The lowest BCUT2D eigenvalue weighted by Gasteiger charge is -2.27. The maximum atomic E-state index is 12.1. The van der Waals surface area contributed by atoms with E-state index in [9.17, 15) is 4.79 Å². The van der Waals surface area contributed by atoms with Gasteiger partial charge in [0, 0.05) is 39.6 Å². The van der Waals surface area contributed by atoms with Crippen molar-refractivity contribution in [2.24, 2.45) is 0 Å². The molecule has 8 nitrogen and oxygen atoms in total. The molecule has 1 aliphatic rings. The minimum Gasteiger partial charge on any atom is -0.347 e. The number of nitrogens with zero attached hydrogens (tertiary/aromatic N) is 6. The van der Waals surface area contributed by atoms with E-state index in [0.29, 0.717) is 24.3 Å². The minimum absolute atomic E-state index is 0.0671. The number of carbonyl (C=O) groups is 1. The Morgan fingerprint density at radius 2 is 1.84 bits per heavy atom. The highest BCUT2D eigenvalue weighted by Gasteiger charge is 2.17. The molecule has 8 heteroatoms. The Labute approximate surface area is 147 Å². The molecular weight excluding hydrogens is 318 g/mol. The van der Waals surface area contributed by atoms with E-state index in [2.05, 4.69) is 25.2 Å². The van der Waals surface area contributed by atoms with E-state index in [0.717, 1.165) is 25.9 Å². The highest BCUT2D eigenvalue weighted by atomic mass is 16.1. The standard InChI is InChI=1S/C17H25N7O/c1-22(2)16-19-14(12-18-15(25)13-23-8-6-7-9-23)20-17(21-16)24-10-4-3-5-11-24/h6-9H,3-5,10-13H2,1-2H3,(H,18,25). The average Bonchev–Trinajstić information content (AvgIpc) is 3.13. The van der Waals surface area contributed by atoms with Crippen LogP contribution in [0.3, 0.4) is 0 Å². The van der Waals surface area contributed by atoms with Gasteiger partial charge in [0.15, 0.2) is 5.82 Å². The number of anilines is 2. The van der Waals surface area contributed by atoms with Crippen molar-refractivity contribution in [3.63, 3.8) is 0 Å². The smallest absolute Gasteiger partial charge is 0.240 e. The molecule has 0 atom stereocenters. The largest absolute Gasteiger partial charge is 0.347 e. The zero-order valence-corrected chi connectivity index (χ0v) is 14.9. The highest BCUT2D eigenvalue weighted by molar-refractivity contribution is 5.75. The monoisotopic (exact) mass is 343 g/mol. The SMILES string of the molecule is CN(C)c1nc(CNC(=O)Cn2cccc2)nc(N2CCCCC2)n1. The van der Waals surface area contributed by atoms with Crippen molar-refractivity contribution in [3.05, 3.63) is 30.4 Å². The van der Waals surface area contributed by atoms with Gasteiger partial charge in [-0.15, -0.1) is 0 Å². The van der Waals surface area contributed by atoms with E-state index < -0.39 is 0 Å². The van der Waals surface area contributed by atoms with Gasteiger partial charge in [0.25, 0.3) is 0 Å². The van der Waals surface area contributed by atoms with Crippen LogP contribution < -0.4 is 15.1 Å². The van der Waals surface area contributed by atoms with Gasteiger partial charge in [0.2, 0.25) is 17.8 Å². The Bertz CT molecular complexity index is 693. The van der Waals surface area contributed by atoms with E-state index in [4.69, 9.17) is 0 Å². The van der Waals surface area contributed by atoms with Crippen molar-refractivity contribution >= 4 is 17.8 Å². The molecule has 0 unspecified atom stereocenters. The lowest BCUT2D eigenvalue weighted by Crippen LogP contribution is -2.33. The van der Waals surface area contributed by atoms with Crippen LogP contribution in [0, 0.1) is 0 Å². The van der Waals surface area contributed by atoms with Crippen molar-refractivity contribution in [1.82, 2.24) is 24.8 Å². The zero-order valence-electron chi connectivity index (χ0n) is 14.9. The van der Waals surface area contributed by atoms with Gasteiger partial charge in [-0.25, -0.2) is 0 Å². The summed E-state index contributed by atoms with van der Waals surface area (Å²) in [6.45, 7) is 2.52. The van der Waals surface area contributed by atoms with Crippen LogP contribution in [0.2, 0.25) is 0 Å². The Balaban J connectivity index is 1.68. The van der Waals surface area contributed by atoms with Crippen LogP contribution in [0.5, 0.6) is 0 Å². The van der Waals surface area contributed by atoms with Gasteiger partial charge in [-0.05, 0) is 31.4 Å². The van der Waals surface area contributed by atoms with Crippen molar-refractivity contribution in [2.45, 2.75) is 32.4 Å². The Hall–Kier alpha value is -2.64. The van der Waals surface area contributed by atoms with Crippen LogP contribution >= 0.6 is 0 Å². The lowest BCUT2D eigenvalue weighted by atomic mass is 10.1. The van der Waals surface area contributed by atoms with Gasteiger partial charge in [0.1, 0.15) is 6.54 Å². The van der Waals surface area contributed by atoms with Crippen LogP contribution in [-0.4, -0.2) is 52.6 Å². The maximum absolute atomic E-state index is 12.1. The van der Waals surface area contributed by atoms with Gasteiger partial charge < -0.3 is 19.7 Å². The molecule has 25 heavy (non-hydrogen) atoms. The third-order valence-electron chi connectivity index (χ3n) is 4.13. The summed E-state index contributed by atoms with van der Waals surface area (Å²) in [5, 5.41) is 2.88. The number of aromatic nitrogens is 4. The molecule has 134 valence electrons. The number of rotatable bonds is 6. The first kappa shape index (κ1) is 17.2. The number of piperidine rings is 1. The van der Waals surface area contributed by atoms with E-state index >= 15 is 0 Å². The van der Waals surface area contributed by atoms with Crippen molar-refractivity contribution in [2.75, 3.05) is 37.0 Å². The van der Waals surface area contributed by atoms with Crippen LogP contribution in [-0.2, 0) is 17.9 Å². The second kappa shape index (κ2) is 7.96.